The first-order valence-corrected chi connectivity index (χ1v) is 11.9. The van der Waals surface area contributed by atoms with Gasteiger partial charge in [-0.1, -0.05) is 30.3 Å². The molecule has 0 saturated carbocycles. The van der Waals surface area contributed by atoms with Crippen LogP contribution in [-0.2, 0) is 11.8 Å². The summed E-state index contributed by atoms with van der Waals surface area (Å²) >= 11 is 0. The third-order valence-corrected chi connectivity index (χ3v) is 6.44. The fraction of sp³-hybridized carbons (Fsp3) is 0.0968. The van der Waals surface area contributed by atoms with Crippen LogP contribution in [0.5, 0.6) is 11.5 Å². The molecule has 4 aromatic carbocycles. The van der Waals surface area contributed by atoms with Gasteiger partial charge >= 0.3 is 17.9 Å². The largest absolute Gasteiger partial charge is 0.508 e. The zero-order chi connectivity index (χ0) is 27.0. The smallest absolute Gasteiger partial charge is 0.346 e. The minimum absolute atomic E-state index is 0.0297. The highest BCUT2D eigenvalue weighted by molar-refractivity contribution is 6.13. The van der Waals surface area contributed by atoms with Gasteiger partial charge in [0.25, 0.3) is 0 Å². The second-order valence-electron chi connectivity index (χ2n) is 9.02. The second-order valence-corrected chi connectivity index (χ2v) is 9.02. The molecule has 1 aromatic heterocycles. The Morgan fingerprint density at radius 3 is 2.00 bits per heavy atom. The molecule has 0 aliphatic carbocycles. The van der Waals surface area contributed by atoms with Crippen molar-refractivity contribution in [3.05, 3.63) is 113 Å². The zero-order valence-electron chi connectivity index (χ0n) is 21.0. The van der Waals surface area contributed by atoms with E-state index in [0.29, 0.717) is 33.2 Å². The van der Waals surface area contributed by atoms with Crippen LogP contribution in [0.2, 0.25) is 0 Å². The molecule has 5 aromatic rings. The van der Waals surface area contributed by atoms with Crippen LogP contribution in [0, 0.1) is 13.8 Å². The number of carbonyl (C=O) groups excluding carboxylic acids is 3. The zero-order valence-corrected chi connectivity index (χ0v) is 21.0. The molecule has 0 aliphatic heterocycles. The van der Waals surface area contributed by atoms with E-state index in [1.165, 1.54) is 12.1 Å². The Kier molecular flexibility index (Phi) is 6.34. The Bertz CT molecular complexity index is 1730. The Balaban J connectivity index is 1.49. The number of carbonyl (C=O) groups is 3. The summed E-state index contributed by atoms with van der Waals surface area (Å²) in [6.45, 7) is 3.41. The molecule has 0 amide bonds. The van der Waals surface area contributed by atoms with Crippen molar-refractivity contribution in [2.75, 3.05) is 0 Å². The maximum absolute atomic E-state index is 13.6. The van der Waals surface area contributed by atoms with Gasteiger partial charge in [0.05, 0.1) is 27.5 Å². The van der Waals surface area contributed by atoms with Crippen LogP contribution in [0.3, 0.4) is 0 Å². The molecule has 1 N–H and O–H groups in total. The predicted molar refractivity (Wildman–Crippen MR) is 141 cm³/mol. The van der Waals surface area contributed by atoms with Gasteiger partial charge in [-0.3, -0.25) is 0 Å². The van der Waals surface area contributed by atoms with E-state index in [9.17, 15) is 19.5 Å². The molecular weight excluding hydrogens is 482 g/mol. The lowest BCUT2D eigenvalue weighted by Crippen LogP contribution is -2.31. The number of hydrogen-bond acceptors (Lipinski definition) is 6. The molecule has 188 valence electrons. The van der Waals surface area contributed by atoms with E-state index in [1.807, 2.05) is 35.9 Å². The van der Waals surface area contributed by atoms with Crippen molar-refractivity contribution in [2.24, 2.45) is 7.05 Å². The number of aromatic nitrogens is 1. The van der Waals surface area contributed by atoms with Crippen molar-refractivity contribution in [2.45, 2.75) is 13.8 Å². The van der Waals surface area contributed by atoms with E-state index >= 15 is 0 Å². The number of fused-ring (bicyclic) bond motifs is 2. The minimum atomic E-state index is -0.800. The van der Waals surface area contributed by atoms with E-state index in [0.717, 1.165) is 11.0 Å². The predicted octanol–water partition coefficient (Wildman–Crippen LogP) is 5.36. The molecule has 0 aliphatic rings. The number of aromatic hydroxyl groups is 1. The van der Waals surface area contributed by atoms with E-state index in [1.54, 1.807) is 62.4 Å². The van der Waals surface area contributed by atoms with Crippen molar-refractivity contribution in [1.82, 2.24) is 0 Å². The summed E-state index contributed by atoms with van der Waals surface area (Å²) in [5.74, 6) is -1.82. The number of ether oxygens (including phenoxy) is 2. The number of hydrogen-bond donors (Lipinski definition) is 1. The van der Waals surface area contributed by atoms with E-state index < -0.39 is 17.9 Å². The first kappa shape index (κ1) is 24.6. The molecule has 0 bridgehead atoms. The molecule has 5 rings (SSSR count). The van der Waals surface area contributed by atoms with Crippen molar-refractivity contribution in [1.29, 1.82) is 0 Å². The standard InChI is InChI=1S/C31H23NO6/c1-18-15-21(30(35)38-29(34)20-9-5-4-6-10-20)16-19(2)28(18)37-31(36)27-23-11-7-8-12-25(23)32(3)26-14-13-22(33)17-24(26)27/h4-17H,1-3H3/p+1. The lowest BCUT2D eigenvalue weighted by Gasteiger charge is -2.14. The van der Waals surface area contributed by atoms with Gasteiger partial charge in [0, 0.05) is 12.1 Å². The first-order chi connectivity index (χ1) is 18.2. The molecule has 0 radical (unpaired) electrons. The van der Waals surface area contributed by atoms with E-state index in [-0.39, 0.29) is 16.9 Å². The Labute approximate surface area is 218 Å². The summed E-state index contributed by atoms with van der Waals surface area (Å²) in [7, 11) is 1.89. The summed E-state index contributed by atoms with van der Waals surface area (Å²) in [6.07, 6.45) is 0. The summed E-state index contributed by atoms with van der Waals surface area (Å²) in [4.78, 5) is 38.6. The molecule has 0 saturated heterocycles. The quantitative estimate of drug-likeness (QED) is 0.116. The van der Waals surface area contributed by atoms with Crippen LogP contribution in [0.25, 0.3) is 21.8 Å². The Morgan fingerprint density at radius 1 is 0.684 bits per heavy atom. The molecule has 0 unspecified atom stereocenters. The lowest BCUT2D eigenvalue weighted by molar-refractivity contribution is -0.617. The van der Waals surface area contributed by atoms with Crippen molar-refractivity contribution >= 4 is 39.7 Å². The molecule has 0 spiro atoms. The highest BCUT2D eigenvalue weighted by Crippen LogP contribution is 2.31. The maximum Gasteiger partial charge on any atom is 0.346 e. The van der Waals surface area contributed by atoms with Gasteiger partial charge in [-0.15, -0.1) is 0 Å². The molecule has 0 atom stereocenters. The first-order valence-electron chi connectivity index (χ1n) is 11.9. The number of pyridine rings is 1. The second kappa shape index (κ2) is 9.78. The summed E-state index contributed by atoms with van der Waals surface area (Å²) in [5, 5.41) is 11.4. The van der Waals surface area contributed by atoms with Gasteiger partial charge in [-0.25, -0.2) is 14.4 Å². The number of rotatable bonds is 4. The van der Waals surface area contributed by atoms with Crippen molar-refractivity contribution in [3.63, 3.8) is 0 Å². The maximum atomic E-state index is 13.6. The highest BCUT2D eigenvalue weighted by atomic mass is 16.6. The van der Waals surface area contributed by atoms with Gasteiger partial charge in [0.1, 0.15) is 18.5 Å². The Morgan fingerprint density at radius 2 is 1.29 bits per heavy atom. The van der Waals surface area contributed by atoms with Crippen molar-refractivity contribution in [3.8, 4) is 11.5 Å². The number of esters is 3. The average Bonchev–Trinajstić information content (AvgIpc) is 2.91. The summed E-state index contributed by atoms with van der Waals surface area (Å²) in [5.41, 5.74) is 3.37. The third-order valence-electron chi connectivity index (χ3n) is 6.44. The van der Waals surface area contributed by atoms with Gasteiger partial charge in [-0.2, -0.15) is 4.57 Å². The molecule has 1 heterocycles. The van der Waals surface area contributed by atoms with E-state index in [4.69, 9.17) is 9.47 Å². The SMILES string of the molecule is Cc1cc(C(=O)OC(=O)c2ccccc2)cc(C)c1OC(=O)c1c2ccccc2[n+](C)c2ccc(O)cc12. The van der Waals surface area contributed by atoms with Gasteiger partial charge in [-0.05, 0) is 67.4 Å². The van der Waals surface area contributed by atoms with Crippen LogP contribution in [-0.4, -0.2) is 23.0 Å². The molecule has 0 fully saturated rings. The van der Waals surface area contributed by atoms with Crippen LogP contribution in [0.4, 0.5) is 0 Å². The van der Waals surface area contributed by atoms with Crippen LogP contribution < -0.4 is 9.30 Å². The third kappa shape index (κ3) is 4.46. The normalized spacial score (nSPS) is 10.9. The molecule has 7 nitrogen and oxygen atoms in total. The van der Waals surface area contributed by atoms with Crippen LogP contribution in [0.1, 0.15) is 42.2 Å². The molecule has 7 heteroatoms. The number of aryl methyl sites for hydroxylation is 3. The highest BCUT2D eigenvalue weighted by Gasteiger charge is 2.26. The van der Waals surface area contributed by atoms with Crippen LogP contribution in [0.15, 0.2) is 84.9 Å². The topological polar surface area (TPSA) is 93.8 Å². The number of benzene rings is 4. The number of nitrogens with zero attached hydrogens (tertiary/aromatic N) is 1. The average molecular weight is 507 g/mol. The fourth-order valence-corrected chi connectivity index (χ4v) is 4.64. The summed E-state index contributed by atoms with van der Waals surface area (Å²) < 4.78 is 12.9. The monoisotopic (exact) mass is 506 g/mol. The van der Waals surface area contributed by atoms with Crippen LogP contribution >= 0.6 is 0 Å². The minimum Gasteiger partial charge on any atom is -0.508 e. The van der Waals surface area contributed by atoms with Crippen molar-refractivity contribution < 1.29 is 33.5 Å². The Hall–Kier alpha value is -5.04. The molecular formula is C31H24NO6+. The summed E-state index contributed by atoms with van der Waals surface area (Å²) in [6, 6.07) is 23.6. The number of para-hydroxylation sites is 1. The molecule has 38 heavy (non-hydrogen) atoms. The number of phenols is 1. The van der Waals surface area contributed by atoms with Gasteiger partial charge in [0.2, 0.25) is 11.0 Å². The number of phenolic OH excluding ortho intramolecular Hbond substituents is 1. The lowest BCUT2D eigenvalue weighted by atomic mass is 10.0. The van der Waals surface area contributed by atoms with Gasteiger partial charge in [0.15, 0.2) is 0 Å². The van der Waals surface area contributed by atoms with Gasteiger partial charge < -0.3 is 14.6 Å². The fourth-order valence-electron chi connectivity index (χ4n) is 4.64. The van der Waals surface area contributed by atoms with E-state index in [2.05, 4.69) is 0 Å².